The highest BCUT2D eigenvalue weighted by atomic mass is 32.2. The van der Waals surface area contributed by atoms with Crippen molar-refractivity contribution >= 4 is 23.3 Å². The molecule has 0 amide bonds. The molecule has 4 rings (SSSR count). The van der Waals surface area contributed by atoms with Gasteiger partial charge in [0.05, 0.1) is 7.11 Å². The summed E-state index contributed by atoms with van der Waals surface area (Å²) in [6.07, 6.45) is 1.24. The second kappa shape index (κ2) is 4.62. The van der Waals surface area contributed by atoms with Gasteiger partial charge in [0, 0.05) is 29.0 Å². The zero-order chi connectivity index (χ0) is 15.5. The molecule has 1 aromatic heterocycles. The topological polar surface area (TPSA) is 38.2 Å². The molecule has 4 nitrogen and oxygen atoms in total. The van der Waals surface area contributed by atoms with E-state index in [0.717, 1.165) is 23.1 Å². The van der Waals surface area contributed by atoms with Crippen molar-refractivity contribution < 1.29 is 4.74 Å². The fraction of sp³-hybridized carbons (Fsp3) is 0.412. The van der Waals surface area contributed by atoms with Crippen LogP contribution in [0.15, 0.2) is 29.3 Å². The maximum absolute atomic E-state index is 5.24. The second-order valence-electron chi connectivity index (χ2n) is 6.26. The van der Waals surface area contributed by atoms with Crippen LogP contribution in [0.3, 0.4) is 0 Å². The normalized spacial score (nSPS) is 24.6. The van der Waals surface area contributed by atoms with Crippen LogP contribution in [-0.4, -0.2) is 29.4 Å². The van der Waals surface area contributed by atoms with Crippen LogP contribution in [0.25, 0.3) is 0 Å². The number of hydrogen-bond donors (Lipinski definition) is 0. The molecule has 2 aliphatic rings. The number of hydrogen-bond acceptors (Lipinski definition) is 5. The number of anilines is 2. The van der Waals surface area contributed by atoms with E-state index in [4.69, 9.17) is 9.72 Å². The Bertz CT molecular complexity index is 746. The largest absolute Gasteiger partial charge is 0.497 e. The molecule has 1 aliphatic heterocycles. The quantitative estimate of drug-likeness (QED) is 0.808. The Balaban J connectivity index is 1.79. The Morgan fingerprint density at radius 2 is 2.00 bits per heavy atom. The van der Waals surface area contributed by atoms with Crippen LogP contribution in [0.5, 0.6) is 5.75 Å². The highest BCUT2D eigenvalue weighted by molar-refractivity contribution is 8.00. The van der Waals surface area contributed by atoms with Crippen LogP contribution in [0.4, 0.5) is 11.5 Å². The van der Waals surface area contributed by atoms with E-state index in [9.17, 15) is 0 Å². The lowest BCUT2D eigenvalue weighted by Gasteiger charge is -2.24. The van der Waals surface area contributed by atoms with Crippen molar-refractivity contribution in [2.24, 2.45) is 0 Å². The van der Waals surface area contributed by atoms with Crippen molar-refractivity contribution in [2.45, 2.75) is 36.0 Å². The molecule has 1 aliphatic carbocycles. The summed E-state index contributed by atoms with van der Waals surface area (Å²) in [6.45, 7) is 4.30. The van der Waals surface area contributed by atoms with E-state index < -0.39 is 0 Å². The molecule has 0 N–H and O–H groups in total. The highest BCUT2D eigenvalue weighted by Gasteiger charge is 2.60. The molecule has 22 heavy (non-hydrogen) atoms. The van der Waals surface area contributed by atoms with Gasteiger partial charge in [0.1, 0.15) is 22.4 Å². The van der Waals surface area contributed by atoms with Crippen LogP contribution in [0.1, 0.15) is 24.7 Å². The molecule has 114 valence electrons. The molecule has 2 heterocycles. The SMILES string of the molecule is COc1ccc(N(C)c2nc(C)nc3c2C2(C)CC2S3)cc1. The zero-order valence-corrected chi connectivity index (χ0v) is 14.1. The molecule has 2 aromatic rings. The van der Waals surface area contributed by atoms with Gasteiger partial charge in [-0.05, 0) is 37.6 Å². The number of thioether (sulfide) groups is 1. The third-order valence-electron chi connectivity index (χ3n) is 4.73. The smallest absolute Gasteiger partial charge is 0.141 e. The van der Waals surface area contributed by atoms with E-state index in [-0.39, 0.29) is 5.41 Å². The predicted molar refractivity (Wildman–Crippen MR) is 89.4 cm³/mol. The lowest BCUT2D eigenvalue weighted by molar-refractivity contribution is 0.415. The molecular weight excluding hydrogens is 294 g/mol. The maximum Gasteiger partial charge on any atom is 0.141 e. The summed E-state index contributed by atoms with van der Waals surface area (Å²) >= 11 is 1.91. The number of fused-ring (bicyclic) bond motifs is 3. The Morgan fingerprint density at radius 1 is 1.27 bits per heavy atom. The van der Waals surface area contributed by atoms with Gasteiger partial charge < -0.3 is 9.64 Å². The lowest BCUT2D eigenvalue weighted by Crippen LogP contribution is -2.18. The molecule has 1 saturated carbocycles. The Morgan fingerprint density at radius 3 is 2.68 bits per heavy atom. The molecule has 1 aromatic carbocycles. The van der Waals surface area contributed by atoms with Gasteiger partial charge >= 0.3 is 0 Å². The first-order valence-corrected chi connectivity index (χ1v) is 8.34. The van der Waals surface area contributed by atoms with E-state index >= 15 is 0 Å². The average molecular weight is 313 g/mol. The first-order chi connectivity index (χ1) is 10.5. The van der Waals surface area contributed by atoms with Crippen molar-refractivity contribution in [3.05, 3.63) is 35.7 Å². The number of aromatic nitrogens is 2. The lowest BCUT2D eigenvalue weighted by atomic mass is 10.00. The van der Waals surface area contributed by atoms with Gasteiger partial charge in [-0.15, -0.1) is 11.8 Å². The zero-order valence-electron chi connectivity index (χ0n) is 13.3. The van der Waals surface area contributed by atoms with Gasteiger partial charge in [0.25, 0.3) is 0 Å². The molecular formula is C17H19N3OS. The van der Waals surface area contributed by atoms with E-state index in [0.29, 0.717) is 5.25 Å². The van der Waals surface area contributed by atoms with E-state index in [1.165, 1.54) is 17.0 Å². The summed E-state index contributed by atoms with van der Waals surface area (Å²) in [5, 5.41) is 1.85. The van der Waals surface area contributed by atoms with E-state index in [2.05, 4.69) is 36.0 Å². The average Bonchev–Trinajstić information content (AvgIpc) is 3.08. The molecule has 0 spiro atoms. The van der Waals surface area contributed by atoms with Gasteiger partial charge in [-0.1, -0.05) is 6.92 Å². The second-order valence-corrected chi connectivity index (χ2v) is 7.45. The Labute approximate surface area is 134 Å². The highest BCUT2D eigenvalue weighted by Crippen LogP contribution is 2.66. The third kappa shape index (κ3) is 1.92. The van der Waals surface area contributed by atoms with Crippen LogP contribution in [-0.2, 0) is 5.41 Å². The number of methoxy groups -OCH3 is 1. The number of ether oxygens (including phenoxy) is 1. The van der Waals surface area contributed by atoms with Crippen LogP contribution in [0, 0.1) is 6.92 Å². The van der Waals surface area contributed by atoms with E-state index in [1.807, 2.05) is 30.8 Å². The minimum absolute atomic E-state index is 0.254. The van der Waals surface area contributed by atoms with Crippen molar-refractivity contribution in [2.75, 3.05) is 19.1 Å². The van der Waals surface area contributed by atoms with E-state index in [1.54, 1.807) is 7.11 Å². The van der Waals surface area contributed by atoms with Gasteiger partial charge in [0.2, 0.25) is 0 Å². The van der Waals surface area contributed by atoms with Gasteiger partial charge in [0.15, 0.2) is 0 Å². The van der Waals surface area contributed by atoms with Gasteiger partial charge in [-0.25, -0.2) is 9.97 Å². The number of rotatable bonds is 3. The van der Waals surface area contributed by atoms with Gasteiger partial charge in [-0.2, -0.15) is 0 Å². The molecule has 0 radical (unpaired) electrons. The summed E-state index contributed by atoms with van der Waals surface area (Å²) in [7, 11) is 3.76. The fourth-order valence-electron chi connectivity index (χ4n) is 3.18. The van der Waals surface area contributed by atoms with Crippen molar-refractivity contribution in [3.63, 3.8) is 0 Å². The Kier molecular flexibility index (Phi) is 2.92. The van der Waals surface area contributed by atoms with Crippen LogP contribution in [0.2, 0.25) is 0 Å². The molecule has 2 atom stereocenters. The first-order valence-electron chi connectivity index (χ1n) is 7.46. The molecule has 5 heteroatoms. The predicted octanol–water partition coefficient (Wildman–Crippen LogP) is 3.70. The number of benzene rings is 1. The first kappa shape index (κ1) is 13.9. The minimum atomic E-state index is 0.254. The molecule has 0 saturated heterocycles. The fourth-order valence-corrected chi connectivity index (χ4v) is 4.89. The molecule has 1 fully saturated rings. The minimum Gasteiger partial charge on any atom is -0.497 e. The number of aryl methyl sites for hydroxylation is 1. The maximum atomic E-state index is 5.24. The summed E-state index contributed by atoms with van der Waals surface area (Å²) in [6, 6.07) is 8.10. The Hall–Kier alpha value is -1.75. The monoisotopic (exact) mass is 313 g/mol. The summed E-state index contributed by atoms with van der Waals surface area (Å²) in [4.78, 5) is 11.6. The number of nitrogens with zero attached hydrogens (tertiary/aromatic N) is 3. The standard InChI is InChI=1S/C17H19N3OS/c1-10-18-15(14-16(19-10)22-13-9-17(13,14)2)20(3)11-5-7-12(21-4)8-6-11/h5-8,13H,9H2,1-4H3. The van der Waals surface area contributed by atoms with Gasteiger partial charge in [-0.3, -0.25) is 0 Å². The van der Waals surface area contributed by atoms with Crippen molar-refractivity contribution in [1.29, 1.82) is 0 Å². The van der Waals surface area contributed by atoms with Crippen LogP contribution >= 0.6 is 11.8 Å². The summed E-state index contributed by atoms with van der Waals surface area (Å²) in [5.41, 5.74) is 2.69. The summed E-state index contributed by atoms with van der Waals surface area (Å²) in [5.74, 6) is 2.75. The third-order valence-corrected chi connectivity index (χ3v) is 6.22. The molecule has 2 unspecified atom stereocenters. The van der Waals surface area contributed by atoms with Crippen molar-refractivity contribution in [3.8, 4) is 5.75 Å². The van der Waals surface area contributed by atoms with Crippen molar-refractivity contribution in [1.82, 2.24) is 9.97 Å². The van der Waals surface area contributed by atoms with Crippen LogP contribution < -0.4 is 9.64 Å². The molecule has 0 bridgehead atoms. The summed E-state index contributed by atoms with van der Waals surface area (Å²) < 4.78 is 5.24.